The summed E-state index contributed by atoms with van der Waals surface area (Å²) < 4.78 is -0.223. The number of benzene rings is 1. The average molecular weight is 309 g/mol. The molecule has 0 bridgehead atoms. The third-order valence-electron chi connectivity index (χ3n) is 1.97. The van der Waals surface area contributed by atoms with Gasteiger partial charge in [-0.05, 0) is 16.9 Å². The molecule has 1 aromatic carbocycles. The first-order chi connectivity index (χ1) is 8.08. The van der Waals surface area contributed by atoms with Crippen molar-refractivity contribution in [2.75, 3.05) is 0 Å². The molecule has 2 rings (SSSR count). The number of nitrogens with zero attached hydrogens (tertiary/aromatic N) is 2. The van der Waals surface area contributed by atoms with E-state index >= 15 is 0 Å². The van der Waals surface area contributed by atoms with Crippen molar-refractivity contribution in [1.29, 1.82) is 0 Å². The molecule has 90 valence electrons. The van der Waals surface area contributed by atoms with Gasteiger partial charge in [-0.3, -0.25) is 10.1 Å². The van der Waals surface area contributed by atoms with Crippen LogP contribution < -0.4 is 0 Å². The van der Waals surface area contributed by atoms with Crippen LogP contribution in [-0.2, 0) is 0 Å². The van der Waals surface area contributed by atoms with E-state index in [1.54, 1.807) is 12.1 Å². The lowest BCUT2D eigenvalue weighted by atomic mass is 10.3. The Labute approximate surface area is 115 Å². The Morgan fingerprint density at radius 3 is 2.76 bits per heavy atom. The van der Waals surface area contributed by atoms with Gasteiger partial charge < -0.3 is 0 Å². The molecule has 0 amide bonds. The molecule has 1 aliphatic rings. The van der Waals surface area contributed by atoms with Crippen LogP contribution in [0.15, 0.2) is 29.3 Å². The monoisotopic (exact) mass is 308 g/mol. The number of hydrogen-bond acceptors (Lipinski definition) is 5. The molecule has 0 spiro atoms. The summed E-state index contributed by atoms with van der Waals surface area (Å²) >= 11 is 12.0. The first-order valence-electron chi connectivity index (χ1n) is 4.52. The molecule has 1 saturated heterocycles. The van der Waals surface area contributed by atoms with Crippen molar-refractivity contribution in [3.63, 3.8) is 0 Å². The Hall–Kier alpha value is -0.430. The van der Waals surface area contributed by atoms with Crippen LogP contribution in [0.5, 0.6) is 0 Å². The van der Waals surface area contributed by atoms with Gasteiger partial charge in [0.05, 0.1) is 10.6 Å². The van der Waals surface area contributed by atoms with Gasteiger partial charge in [-0.2, -0.15) is 0 Å². The second-order valence-corrected chi connectivity index (χ2v) is 6.72. The quantitative estimate of drug-likeness (QED) is 0.356. The maximum absolute atomic E-state index is 10.6. The summed E-state index contributed by atoms with van der Waals surface area (Å²) in [6.07, 6.45) is 0. The van der Waals surface area contributed by atoms with Crippen molar-refractivity contribution in [2.45, 2.75) is 10.1 Å². The van der Waals surface area contributed by atoms with E-state index in [9.17, 15) is 10.1 Å². The lowest BCUT2D eigenvalue weighted by Gasteiger charge is -2.02. The summed E-state index contributed by atoms with van der Waals surface area (Å²) in [4.78, 5) is 14.4. The Kier molecular flexibility index (Phi) is 4.19. The molecular formula is C9H6Cl2N2O2S2. The molecule has 1 aliphatic heterocycles. The van der Waals surface area contributed by atoms with Gasteiger partial charge in [-0.25, -0.2) is 4.99 Å². The third kappa shape index (κ3) is 3.07. The van der Waals surface area contributed by atoms with Gasteiger partial charge in [-0.15, -0.1) is 23.2 Å². The van der Waals surface area contributed by atoms with Crippen LogP contribution in [0.2, 0.25) is 0 Å². The van der Waals surface area contributed by atoms with Crippen LogP contribution in [0.1, 0.15) is 0 Å². The van der Waals surface area contributed by atoms with Crippen molar-refractivity contribution in [3.05, 3.63) is 34.4 Å². The predicted molar refractivity (Wildman–Crippen MR) is 74.7 cm³/mol. The van der Waals surface area contributed by atoms with Gasteiger partial charge in [0.25, 0.3) is 5.69 Å². The number of non-ortho nitro benzene ring substituents is 1. The topological polar surface area (TPSA) is 55.5 Å². The highest BCUT2D eigenvalue weighted by Crippen LogP contribution is 2.45. The fraction of sp³-hybridized carbons (Fsp3) is 0.222. The number of rotatable bonds is 2. The van der Waals surface area contributed by atoms with Crippen LogP contribution in [0.4, 0.5) is 11.4 Å². The van der Waals surface area contributed by atoms with Gasteiger partial charge in [0.2, 0.25) is 0 Å². The SMILES string of the molecule is O=[N+]([O-])c1cccc(N=C2SSC(Cl)C2Cl)c1. The summed E-state index contributed by atoms with van der Waals surface area (Å²) in [5.74, 6) is 0. The maximum Gasteiger partial charge on any atom is 0.271 e. The van der Waals surface area contributed by atoms with Crippen LogP contribution in [-0.4, -0.2) is 20.1 Å². The molecule has 0 aliphatic carbocycles. The fourth-order valence-electron chi connectivity index (χ4n) is 1.19. The number of hydrogen-bond donors (Lipinski definition) is 0. The first kappa shape index (κ1) is 13.0. The van der Waals surface area contributed by atoms with E-state index in [2.05, 4.69) is 4.99 Å². The summed E-state index contributed by atoms with van der Waals surface area (Å²) in [5, 5.41) is 10.9. The van der Waals surface area contributed by atoms with E-state index in [1.807, 2.05) is 0 Å². The lowest BCUT2D eigenvalue weighted by Crippen LogP contribution is -2.11. The highest BCUT2D eigenvalue weighted by atomic mass is 35.5. The summed E-state index contributed by atoms with van der Waals surface area (Å²) in [5.41, 5.74) is 0.523. The van der Waals surface area contributed by atoms with E-state index in [-0.39, 0.29) is 15.8 Å². The second-order valence-electron chi connectivity index (χ2n) is 3.16. The minimum absolute atomic E-state index is 0.0102. The summed E-state index contributed by atoms with van der Waals surface area (Å²) in [6, 6.07) is 6.11. The van der Waals surface area contributed by atoms with Crippen LogP contribution in [0.25, 0.3) is 0 Å². The minimum Gasteiger partial charge on any atom is -0.258 e. The standard InChI is InChI=1S/C9H6Cl2N2O2S2/c10-7-8(11)16-17-9(7)12-5-2-1-3-6(4-5)13(14)15/h1-4,7-8H. The molecule has 0 N–H and O–H groups in total. The molecule has 0 saturated carbocycles. The van der Waals surface area contributed by atoms with Crippen molar-refractivity contribution >= 4 is 61.2 Å². The first-order valence-corrected chi connectivity index (χ1v) is 7.61. The third-order valence-corrected chi connectivity index (χ3v) is 6.17. The van der Waals surface area contributed by atoms with Crippen molar-refractivity contribution in [1.82, 2.24) is 0 Å². The molecule has 0 aromatic heterocycles. The molecule has 2 unspecified atom stereocenters. The van der Waals surface area contributed by atoms with E-state index in [0.717, 1.165) is 0 Å². The molecule has 8 heteroatoms. The normalized spacial score (nSPS) is 26.4. The highest BCUT2D eigenvalue weighted by molar-refractivity contribution is 8.83. The van der Waals surface area contributed by atoms with Gasteiger partial charge >= 0.3 is 0 Å². The maximum atomic E-state index is 10.6. The highest BCUT2D eigenvalue weighted by Gasteiger charge is 2.31. The molecule has 4 nitrogen and oxygen atoms in total. The van der Waals surface area contributed by atoms with E-state index in [0.29, 0.717) is 10.7 Å². The minimum atomic E-state index is -0.456. The summed E-state index contributed by atoms with van der Waals surface area (Å²) in [7, 11) is 2.83. The predicted octanol–water partition coefficient (Wildman–Crippen LogP) is 4.19. The number of nitro benzene ring substituents is 1. The van der Waals surface area contributed by atoms with E-state index in [1.165, 1.54) is 33.7 Å². The molecule has 1 fully saturated rings. The van der Waals surface area contributed by atoms with Crippen LogP contribution >= 0.6 is 44.8 Å². The Morgan fingerprint density at radius 1 is 1.41 bits per heavy atom. The number of halogens is 2. The Morgan fingerprint density at radius 2 is 2.18 bits per heavy atom. The second kappa shape index (κ2) is 5.48. The zero-order valence-electron chi connectivity index (χ0n) is 8.25. The lowest BCUT2D eigenvalue weighted by molar-refractivity contribution is -0.384. The largest absolute Gasteiger partial charge is 0.271 e. The number of aliphatic imine (C=N–C) groups is 1. The molecule has 17 heavy (non-hydrogen) atoms. The van der Waals surface area contributed by atoms with Gasteiger partial charge in [-0.1, -0.05) is 16.9 Å². The van der Waals surface area contributed by atoms with Crippen LogP contribution in [0.3, 0.4) is 0 Å². The van der Waals surface area contributed by atoms with E-state index in [4.69, 9.17) is 23.2 Å². The molecule has 2 atom stereocenters. The molecule has 1 heterocycles. The van der Waals surface area contributed by atoms with Gasteiger partial charge in [0.15, 0.2) is 0 Å². The fourth-order valence-corrected chi connectivity index (χ4v) is 4.59. The number of alkyl halides is 2. The molecular weight excluding hydrogens is 303 g/mol. The summed E-state index contributed by atoms with van der Waals surface area (Å²) in [6.45, 7) is 0. The zero-order chi connectivity index (χ0) is 12.4. The zero-order valence-corrected chi connectivity index (χ0v) is 11.4. The van der Waals surface area contributed by atoms with Crippen molar-refractivity contribution in [2.24, 2.45) is 4.99 Å². The van der Waals surface area contributed by atoms with Crippen LogP contribution in [0, 0.1) is 10.1 Å². The van der Waals surface area contributed by atoms with Gasteiger partial charge in [0.1, 0.15) is 15.1 Å². The smallest absolute Gasteiger partial charge is 0.258 e. The Balaban J connectivity index is 2.27. The average Bonchev–Trinajstić information content (AvgIpc) is 2.61. The number of nitro groups is 1. The van der Waals surface area contributed by atoms with Crippen molar-refractivity contribution in [3.8, 4) is 0 Å². The Bertz CT molecular complexity index is 484. The van der Waals surface area contributed by atoms with Crippen molar-refractivity contribution < 1.29 is 4.92 Å². The molecule has 0 radical (unpaired) electrons. The van der Waals surface area contributed by atoms with Gasteiger partial charge in [0, 0.05) is 12.1 Å². The molecule has 1 aromatic rings. The van der Waals surface area contributed by atoms with E-state index < -0.39 is 4.92 Å².